The van der Waals surface area contributed by atoms with Gasteiger partial charge in [-0.25, -0.2) is 0 Å². The first-order valence-electron chi connectivity index (χ1n) is 3.93. The molecule has 0 unspecified atom stereocenters. The minimum absolute atomic E-state index is 0.131. The van der Waals surface area contributed by atoms with Gasteiger partial charge in [0, 0.05) is 25.3 Å². The van der Waals surface area contributed by atoms with Crippen LogP contribution in [0.1, 0.15) is 13.8 Å². The Kier molecular flexibility index (Phi) is 5.35. The van der Waals surface area contributed by atoms with E-state index in [-0.39, 0.29) is 5.54 Å². The number of ether oxygens (including phenoxy) is 1. The van der Waals surface area contributed by atoms with Crippen LogP contribution in [0.5, 0.6) is 0 Å². The summed E-state index contributed by atoms with van der Waals surface area (Å²) in [5.41, 5.74) is -0.131. The van der Waals surface area contributed by atoms with Gasteiger partial charge in [-0.3, -0.25) is 0 Å². The molecule has 3 nitrogen and oxygen atoms in total. The molecule has 0 heterocycles. The summed E-state index contributed by atoms with van der Waals surface area (Å²) in [6.07, 6.45) is 3.32. The van der Waals surface area contributed by atoms with Crippen molar-refractivity contribution in [2.75, 3.05) is 20.3 Å². The lowest BCUT2D eigenvalue weighted by Crippen LogP contribution is -2.39. The van der Waals surface area contributed by atoms with E-state index in [1.807, 2.05) is 26.0 Å². The van der Waals surface area contributed by atoms with Crippen molar-refractivity contribution in [3.63, 3.8) is 0 Å². The van der Waals surface area contributed by atoms with Crippen molar-refractivity contribution in [2.24, 2.45) is 0 Å². The predicted molar refractivity (Wildman–Crippen MR) is 48.7 cm³/mol. The maximum Gasteiger partial charge on any atom is 0.0909 e. The molecule has 0 aromatic rings. The lowest BCUT2D eigenvalue weighted by Gasteiger charge is -2.21. The third-order valence-electron chi connectivity index (χ3n) is 1.46. The van der Waals surface area contributed by atoms with E-state index in [1.54, 1.807) is 7.11 Å². The van der Waals surface area contributed by atoms with E-state index in [0.717, 1.165) is 6.54 Å². The Morgan fingerprint density at radius 3 is 2.75 bits per heavy atom. The molecule has 0 rings (SSSR count). The lowest BCUT2D eigenvalue weighted by molar-refractivity contribution is 0.193. The highest BCUT2D eigenvalue weighted by molar-refractivity contribution is 5.10. The Morgan fingerprint density at radius 2 is 2.25 bits per heavy atom. The summed E-state index contributed by atoms with van der Waals surface area (Å²) in [6, 6.07) is 1.96. The number of hydrogen-bond donors (Lipinski definition) is 1. The Bertz CT molecular complexity index is 179. The predicted octanol–water partition coefficient (Wildman–Crippen LogP) is 1.08. The van der Waals surface area contributed by atoms with Crippen molar-refractivity contribution in [3.05, 3.63) is 12.2 Å². The van der Waals surface area contributed by atoms with E-state index in [4.69, 9.17) is 10.00 Å². The smallest absolute Gasteiger partial charge is 0.0909 e. The van der Waals surface area contributed by atoms with Crippen molar-refractivity contribution in [1.29, 1.82) is 5.26 Å². The van der Waals surface area contributed by atoms with Crippen molar-refractivity contribution in [2.45, 2.75) is 19.4 Å². The van der Waals surface area contributed by atoms with Gasteiger partial charge in [-0.15, -0.1) is 0 Å². The minimum atomic E-state index is -0.131. The first-order valence-corrected chi connectivity index (χ1v) is 3.93. The van der Waals surface area contributed by atoms with E-state index in [1.165, 1.54) is 6.08 Å². The van der Waals surface area contributed by atoms with Crippen LogP contribution in [0, 0.1) is 11.3 Å². The molecule has 1 N–H and O–H groups in total. The zero-order valence-corrected chi connectivity index (χ0v) is 7.92. The molecular formula is C9H16N2O. The molecule has 0 amide bonds. The van der Waals surface area contributed by atoms with E-state index in [2.05, 4.69) is 5.32 Å². The van der Waals surface area contributed by atoms with Crippen LogP contribution < -0.4 is 5.32 Å². The van der Waals surface area contributed by atoms with Gasteiger partial charge in [0.2, 0.25) is 0 Å². The average Bonchev–Trinajstić information content (AvgIpc) is 2.01. The quantitative estimate of drug-likeness (QED) is 0.493. The molecule has 0 bridgehead atoms. The van der Waals surface area contributed by atoms with Gasteiger partial charge in [0.15, 0.2) is 0 Å². The van der Waals surface area contributed by atoms with Crippen molar-refractivity contribution in [1.82, 2.24) is 5.32 Å². The highest BCUT2D eigenvalue weighted by Crippen LogP contribution is 2.02. The SMILES string of the molecule is COCCNC(C)(C)C=CC#N. The summed E-state index contributed by atoms with van der Waals surface area (Å²) in [6.45, 7) is 5.50. The monoisotopic (exact) mass is 168 g/mol. The molecule has 0 aliphatic rings. The molecule has 0 saturated heterocycles. The van der Waals surface area contributed by atoms with Gasteiger partial charge in [-0.2, -0.15) is 5.26 Å². The van der Waals surface area contributed by atoms with E-state index in [0.29, 0.717) is 6.61 Å². The number of methoxy groups -OCH3 is 1. The van der Waals surface area contributed by atoms with Crippen molar-refractivity contribution >= 4 is 0 Å². The summed E-state index contributed by atoms with van der Waals surface area (Å²) in [4.78, 5) is 0. The van der Waals surface area contributed by atoms with Crippen LogP contribution >= 0.6 is 0 Å². The Balaban J connectivity index is 3.72. The molecule has 0 aromatic heterocycles. The van der Waals surface area contributed by atoms with Crippen LogP contribution in [0.2, 0.25) is 0 Å². The van der Waals surface area contributed by atoms with Crippen LogP contribution in [0.3, 0.4) is 0 Å². The second-order valence-corrected chi connectivity index (χ2v) is 3.10. The topological polar surface area (TPSA) is 45.0 Å². The summed E-state index contributed by atoms with van der Waals surface area (Å²) in [7, 11) is 1.67. The van der Waals surface area contributed by atoms with Gasteiger partial charge in [-0.05, 0) is 13.8 Å². The second kappa shape index (κ2) is 5.76. The van der Waals surface area contributed by atoms with Gasteiger partial charge >= 0.3 is 0 Å². The molecule has 0 aromatic carbocycles. The van der Waals surface area contributed by atoms with Crippen LogP contribution in [0.15, 0.2) is 12.2 Å². The maximum atomic E-state index is 8.31. The Morgan fingerprint density at radius 1 is 1.58 bits per heavy atom. The standard InChI is InChI=1S/C9H16N2O/c1-9(2,5-4-6-10)11-7-8-12-3/h4-5,11H,7-8H2,1-3H3. The number of hydrogen-bond acceptors (Lipinski definition) is 3. The molecule has 0 aliphatic heterocycles. The van der Waals surface area contributed by atoms with Gasteiger partial charge < -0.3 is 10.1 Å². The summed E-state index contributed by atoms with van der Waals surface area (Å²) in [5, 5.41) is 11.5. The molecule has 0 aliphatic carbocycles. The number of nitrogens with one attached hydrogen (secondary N) is 1. The maximum absolute atomic E-state index is 8.31. The molecule has 0 fully saturated rings. The van der Waals surface area contributed by atoms with Crippen molar-refractivity contribution < 1.29 is 4.74 Å². The van der Waals surface area contributed by atoms with Crippen LogP contribution in [-0.2, 0) is 4.74 Å². The van der Waals surface area contributed by atoms with Crippen molar-refractivity contribution in [3.8, 4) is 6.07 Å². The van der Waals surface area contributed by atoms with Gasteiger partial charge in [-0.1, -0.05) is 6.08 Å². The van der Waals surface area contributed by atoms with Gasteiger partial charge in [0.25, 0.3) is 0 Å². The summed E-state index contributed by atoms with van der Waals surface area (Å²) in [5.74, 6) is 0. The highest BCUT2D eigenvalue weighted by atomic mass is 16.5. The normalized spacial score (nSPS) is 11.8. The molecule has 0 atom stereocenters. The van der Waals surface area contributed by atoms with Crippen LogP contribution in [-0.4, -0.2) is 25.8 Å². The fourth-order valence-electron chi connectivity index (χ4n) is 0.780. The average molecular weight is 168 g/mol. The minimum Gasteiger partial charge on any atom is -0.383 e. The van der Waals surface area contributed by atoms with Gasteiger partial charge in [0.05, 0.1) is 12.7 Å². The first kappa shape index (κ1) is 11.2. The number of nitrogens with zero attached hydrogens (tertiary/aromatic N) is 1. The fourth-order valence-corrected chi connectivity index (χ4v) is 0.780. The number of rotatable bonds is 5. The third kappa shape index (κ3) is 5.90. The molecular weight excluding hydrogens is 152 g/mol. The zero-order chi connectivity index (χ0) is 9.45. The molecule has 12 heavy (non-hydrogen) atoms. The lowest BCUT2D eigenvalue weighted by atomic mass is 10.1. The summed E-state index contributed by atoms with van der Waals surface area (Å²) >= 11 is 0. The first-order chi connectivity index (χ1) is 5.62. The zero-order valence-electron chi connectivity index (χ0n) is 7.92. The number of nitriles is 1. The van der Waals surface area contributed by atoms with Gasteiger partial charge in [0.1, 0.15) is 0 Å². The Labute approximate surface area is 74.0 Å². The van der Waals surface area contributed by atoms with E-state index >= 15 is 0 Å². The van der Waals surface area contributed by atoms with Crippen LogP contribution in [0.4, 0.5) is 0 Å². The Hall–Kier alpha value is -0.850. The molecule has 0 radical (unpaired) electrons. The molecule has 0 spiro atoms. The molecule has 0 saturated carbocycles. The van der Waals surface area contributed by atoms with Crippen LogP contribution in [0.25, 0.3) is 0 Å². The largest absolute Gasteiger partial charge is 0.383 e. The highest BCUT2D eigenvalue weighted by Gasteiger charge is 2.10. The van der Waals surface area contributed by atoms with E-state index < -0.39 is 0 Å². The summed E-state index contributed by atoms with van der Waals surface area (Å²) < 4.78 is 4.89. The fraction of sp³-hybridized carbons (Fsp3) is 0.667. The third-order valence-corrected chi connectivity index (χ3v) is 1.46. The number of allylic oxidation sites excluding steroid dienone is 1. The molecule has 68 valence electrons. The molecule has 3 heteroatoms. The van der Waals surface area contributed by atoms with E-state index in [9.17, 15) is 0 Å². The second-order valence-electron chi connectivity index (χ2n) is 3.10.